The van der Waals surface area contributed by atoms with E-state index in [1.54, 1.807) is 6.92 Å². The summed E-state index contributed by atoms with van der Waals surface area (Å²) in [6.07, 6.45) is 4.12. The fourth-order valence-corrected chi connectivity index (χ4v) is 2.46. The molecule has 1 aromatic heterocycles. The van der Waals surface area contributed by atoms with Crippen molar-refractivity contribution in [2.75, 3.05) is 19.6 Å². The van der Waals surface area contributed by atoms with Crippen molar-refractivity contribution in [3.8, 4) is 0 Å². The van der Waals surface area contributed by atoms with Crippen molar-refractivity contribution in [3.05, 3.63) is 29.6 Å². The molecule has 1 fully saturated rings. The third-order valence-electron chi connectivity index (χ3n) is 3.77. The van der Waals surface area contributed by atoms with Gasteiger partial charge in [0, 0.05) is 32.8 Å². The molecule has 19 heavy (non-hydrogen) atoms. The van der Waals surface area contributed by atoms with Gasteiger partial charge in [-0.1, -0.05) is 6.07 Å². The molecule has 2 heterocycles. The molecule has 1 saturated heterocycles. The van der Waals surface area contributed by atoms with E-state index < -0.39 is 0 Å². The number of amides is 1. The van der Waals surface area contributed by atoms with E-state index in [-0.39, 0.29) is 5.91 Å². The third kappa shape index (κ3) is 4.31. The van der Waals surface area contributed by atoms with Crippen molar-refractivity contribution in [1.29, 1.82) is 0 Å². The van der Waals surface area contributed by atoms with E-state index in [9.17, 15) is 4.79 Å². The van der Waals surface area contributed by atoms with Crippen LogP contribution in [0.25, 0.3) is 0 Å². The van der Waals surface area contributed by atoms with Gasteiger partial charge in [0.2, 0.25) is 5.91 Å². The van der Waals surface area contributed by atoms with Crippen molar-refractivity contribution in [1.82, 2.24) is 15.2 Å². The van der Waals surface area contributed by atoms with Crippen molar-refractivity contribution in [2.24, 2.45) is 5.92 Å². The average Bonchev–Trinajstić information content (AvgIpc) is 2.41. The minimum absolute atomic E-state index is 0.204. The van der Waals surface area contributed by atoms with Gasteiger partial charge in [0.1, 0.15) is 0 Å². The van der Waals surface area contributed by atoms with Crippen LogP contribution in [0.5, 0.6) is 0 Å². The molecule has 1 aliphatic heterocycles. The normalized spacial score (nSPS) is 16.6. The quantitative estimate of drug-likeness (QED) is 0.898. The summed E-state index contributed by atoms with van der Waals surface area (Å²) in [5, 5.41) is 3.47. The summed E-state index contributed by atoms with van der Waals surface area (Å²) in [4.78, 5) is 17.6. The molecule has 2 rings (SSSR count). The summed E-state index contributed by atoms with van der Waals surface area (Å²) in [7, 11) is 0. The topological polar surface area (TPSA) is 45.2 Å². The molecule has 0 saturated carbocycles. The third-order valence-corrected chi connectivity index (χ3v) is 3.77. The van der Waals surface area contributed by atoms with Gasteiger partial charge in [-0.05, 0) is 43.9 Å². The molecule has 1 aromatic rings. The maximum absolute atomic E-state index is 11.2. The Labute approximate surface area is 115 Å². The molecule has 0 radical (unpaired) electrons. The zero-order chi connectivity index (χ0) is 13.7. The van der Waals surface area contributed by atoms with Crippen LogP contribution in [0.2, 0.25) is 0 Å². The summed E-state index contributed by atoms with van der Waals surface area (Å²) in [5.74, 6) is 0.885. The number of carbonyl (C=O) groups is 1. The number of aryl methyl sites for hydroxylation is 1. The lowest BCUT2D eigenvalue weighted by Crippen LogP contribution is -2.39. The Morgan fingerprint density at radius 2 is 2.16 bits per heavy atom. The van der Waals surface area contributed by atoms with Gasteiger partial charge in [0.25, 0.3) is 0 Å². The SMILES string of the molecule is CC(=O)N1CCC(CNCc2ccc(C)cn2)CC1. The first kappa shape index (κ1) is 14.0. The maximum atomic E-state index is 11.2. The monoisotopic (exact) mass is 261 g/mol. The van der Waals surface area contributed by atoms with Crippen LogP contribution < -0.4 is 5.32 Å². The highest BCUT2D eigenvalue weighted by Crippen LogP contribution is 2.16. The summed E-state index contributed by atoms with van der Waals surface area (Å²) >= 11 is 0. The Hall–Kier alpha value is -1.42. The predicted octanol–water partition coefficient (Wildman–Crippen LogP) is 1.74. The fourth-order valence-electron chi connectivity index (χ4n) is 2.46. The van der Waals surface area contributed by atoms with Crippen molar-refractivity contribution < 1.29 is 4.79 Å². The Balaban J connectivity index is 1.67. The highest BCUT2D eigenvalue weighted by Gasteiger charge is 2.20. The van der Waals surface area contributed by atoms with Crippen LogP contribution in [0.15, 0.2) is 18.3 Å². The number of hydrogen-bond donors (Lipinski definition) is 1. The van der Waals surface area contributed by atoms with Crippen LogP contribution >= 0.6 is 0 Å². The van der Waals surface area contributed by atoms with Gasteiger partial charge in [-0.2, -0.15) is 0 Å². The number of nitrogens with zero attached hydrogens (tertiary/aromatic N) is 2. The Morgan fingerprint density at radius 3 is 2.74 bits per heavy atom. The number of aromatic nitrogens is 1. The van der Waals surface area contributed by atoms with Gasteiger partial charge in [0.05, 0.1) is 5.69 Å². The predicted molar refractivity (Wildman–Crippen MR) is 75.7 cm³/mol. The van der Waals surface area contributed by atoms with Crippen molar-refractivity contribution in [3.63, 3.8) is 0 Å². The van der Waals surface area contributed by atoms with Crippen LogP contribution in [0.1, 0.15) is 31.0 Å². The van der Waals surface area contributed by atoms with E-state index in [2.05, 4.69) is 22.4 Å². The molecule has 1 aliphatic rings. The molecule has 1 amide bonds. The lowest BCUT2D eigenvalue weighted by atomic mass is 9.97. The number of nitrogens with one attached hydrogen (secondary N) is 1. The number of rotatable bonds is 4. The van der Waals surface area contributed by atoms with Crippen LogP contribution in [0, 0.1) is 12.8 Å². The lowest BCUT2D eigenvalue weighted by molar-refractivity contribution is -0.130. The molecular weight excluding hydrogens is 238 g/mol. The molecule has 0 spiro atoms. The summed E-state index contributed by atoms with van der Waals surface area (Å²) in [6, 6.07) is 4.16. The highest BCUT2D eigenvalue weighted by atomic mass is 16.2. The van der Waals surface area contributed by atoms with Gasteiger partial charge >= 0.3 is 0 Å². The van der Waals surface area contributed by atoms with Gasteiger partial charge in [-0.25, -0.2) is 0 Å². The molecule has 4 heteroatoms. The smallest absolute Gasteiger partial charge is 0.219 e. The molecular formula is C15H23N3O. The van der Waals surface area contributed by atoms with E-state index in [1.807, 2.05) is 18.0 Å². The van der Waals surface area contributed by atoms with E-state index in [0.717, 1.165) is 44.7 Å². The van der Waals surface area contributed by atoms with Gasteiger partial charge in [-0.15, -0.1) is 0 Å². The minimum atomic E-state index is 0.204. The summed E-state index contributed by atoms with van der Waals surface area (Å²) in [5.41, 5.74) is 2.28. The van der Waals surface area contributed by atoms with Gasteiger partial charge < -0.3 is 10.2 Å². The first-order chi connectivity index (χ1) is 9.15. The Morgan fingerprint density at radius 1 is 1.42 bits per heavy atom. The Bertz CT molecular complexity index is 408. The largest absolute Gasteiger partial charge is 0.343 e. The van der Waals surface area contributed by atoms with Crippen LogP contribution in [0.4, 0.5) is 0 Å². The zero-order valence-corrected chi connectivity index (χ0v) is 11.9. The van der Waals surface area contributed by atoms with Crippen molar-refractivity contribution >= 4 is 5.91 Å². The number of pyridine rings is 1. The first-order valence-electron chi connectivity index (χ1n) is 7.03. The number of piperidine rings is 1. The van der Waals surface area contributed by atoms with Crippen LogP contribution in [-0.4, -0.2) is 35.4 Å². The molecule has 0 unspecified atom stereocenters. The zero-order valence-electron chi connectivity index (χ0n) is 11.9. The molecule has 4 nitrogen and oxygen atoms in total. The molecule has 104 valence electrons. The fraction of sp³-hybridized carbons (Fsp3) is 0.600. The van der Waals surface area contributed by atoms with E-state index >= 15 is 0 Å². The van der Waals surface area contributed by atoms with Gasteiger partial charge in [0.15, 0.2) is 0 Å². The maximum Gasteiger partial charge on any atom is 0.219 e. The lowest BCUT2D eigenvalue weighted by Gasteiger charge is -2.31. The highest BCUT2D eigenvalue weighted by molar-refractivity contribution is 5.73. The Kier molecular flexibility index (Phi) is 4.91. The molecule has 0 atom stereocenters. The van der Waals surface area contributed by atoms with E-state index in [4.69, 9.17) is 0 Å². The average molecular weight is 261 g/mol. The van der Waals surface area contributed by atoms with E-state index in [1.165, 1.54) is 5.56 Å². The van der Waals surface area contributed by atoms with E-state index in [0.29, 0.717) is 5.92 Å². The number of hydrogen-bond acceptors (Lipinski definition) is 3. The summed E-state index contributed by atoms with van der Waals surface area (Å²) in [6.45, 7) is 7.36. The minimum Gasteiger partial charge on any atom is -0.343 e. The second-order valence-electron chi connectivity index (χ2n) is 5.41. The first-order valence-corrected chi connectivity index (χ1v) is 7.03. The molecule has 0 aliphatic carbocycles. The molecule has 1 N–H and O–H groups in total. The summed E-state index contributed by atoms with van der Waals surface area (Å²) < 4.78 is 0. The second kappa shape index (κ2) is 6.66. The van der Waals surface area contributed by atoms with Gasteiger partial charge in [-0.3, -0.25) is 9.78 Å². The standard InChI is InChI=1S/C15H23N3O/c1-12-3-4-15(17-9-12)11-16-10-14-5-7-18(8-6-14)13(2)19/h3-4,9,14,16H,5-8,10-11H2,1-2H3. The van der Waals surface area contributed by atoms with Crippen LogP contribution in [-0.2, 0) is 11.3 Å². The number of carbonyl (C=O) groups excluding carboxylic acids is 1. The molecule has 0 bridgehead atoms. The molecule has 0 aromatic carbocycles. The second-order valence-corrected chi connectivity index (χ2v) is 5.41. The van der Waals surface area contributed by atoms with Crippen molar-refractivity contribution in [2.45, 2.75) is 33.2 Å². The van der Waals surface area contributed by atoms with Crippen LogP contribution in [0.3, 0.4) is 0 Å². The number of likely N-dealkylation sites (tertiary alicyclic amines) is 1.